The Hall–Kier alpha value is -8.98. The van der Waals surface area contributed by atoms with Crippen molar-refractivity contribution in [2.24, 2.45) is 7.05 Å². The van der Waals surface area contributed by atoms with Crippen molar-refractivity contribution < 1.29 is 4.42 Å². The maximum Gasteiger partial charge on any atom is 0.145 e. The molecule has 0 spiro atoms. The molecule has 2 aromatic heterocycles. The molecule has 0 saturated heterocycles. The van der Waals surface area contributed by atoms with Gasteiger partial charge in [-0.15, -0.1) is 0 Å². The molecule has 0 aliphatic rings. The van der Waals surface area contributed by atoms with Gasteiger partial charge in [-0.1, -0.05) is 206 Å². The molecule has 324 valence electrons. The Morgan fingerprint density at radius 3 is 1.07 bits per heavy atom. The van der Waals surface area contributed by atoms with Gasteiger partial charge in [0.1, 0.15) is 11.2 Å². The number of furan rings is 1. The fraction of sp³-hybridized carbons (Fsp3) is 0.0149. The molecular formula is C67H45NO. The predicted molar refractivity (Wildman–Crippen MR) is 291 cm³/mol. The van der Waals surface area contributed by atoms with E-state index in [-0.39, 0.29) is 0 Å². The highest BCUT2D eigenvalue weighted by molar-refractivity contribution is 6.28. The summed E-state index contributed by atoms with van der Waals surface area (Å²) < 4.78 is 9.23. The van der Waals surface area contributed by atoms with Crippen molar-refractivity contribution in [3.63, 3.8) is 0 Å². The molecule has 0 unspecified atom stereocenters. The molecule has 0 atom stereocenters. The summed E-state index contributed by atoms with van der Waals surface area (Å²) in [5.41, 5.74) is 23.1. The summed E-state index contributed by atoms with van der Waals surface area (Å²) in [6, 6.07) is 92.4. The zero-order valence-corrected chi connectivity index (χ0v) is 38.1. The van der Waals surface area contributed by atoms with Crippen LogP contribution in [-0.4, -0.2) is 4.57 Å². The van der Waals surface area contributed by atoms with Crippen LogP contribution in [0.15, 0.2) is 259 Å². The second-order valence-corrected chi connectivity index (χ2v) is 18.1. The van der Waals surface area contributed by atoms with E-state index in [2.05, 4.69) is 266 Å². The molecule has 2 heteroatoms. The van der Waals surface area contributed by atoms with Crippen LogP contribution in [0.5, 0.6) is 0 Å². The van der Waals surface area contributed by atoms with Gasteiger partial charge in [0.25, 0.3) is 0 Å². The number of benzene rings is 11. The third-order valence-electron chi connectivity index (χ3n) is 14.0. The summed E-state index contributed by atoms with van der Waals surface area (Å²) in [7, 11) is 2.22. The molecular weight excluding hydrogens is 835 g/mol. The largest absolute Gasteiger partial charge is 0.455 e. The number of nitrogens with zero attached hydrogens (tertiary/aromatic N) is 1. The fourth-order valence-corrected chi connectivity index (χ4v) is 10.6. The predicted octanol–water partition coefficient (Wildman–Crippen LogP) is 18.6. The Balaban J connectivity index is 0.946. The van der Waals surface area contributed by atoms with Gasteiger partial charge in [0.15, 0.2) is 0 Å². The number of hydrogen-bond acceptors (Lipinski definition) is 1. The molecule has 0 radical (unpaired) electrons. The summed E-state index contributed by atoms with van der Waals surface area (Å²) in [6.45, 7) is 0. The van der Waals surface area contributed by atoms with E-state index >= 15 is 0 Å². The molecule has 69 heavy (non-hydrogen) atoms. The summed E-state index contributed by atoms with van der Waals surface area (Å²) in [5, 5.41) is 4.54. The molecule has 0 bridgehead atoms. The molecule has 11 aromatic carbocycles. The first-order chi connectivity index (χ1) is 34.1. The van der Waals surface area contributed by atoms with Crippen molar-refractivity contribution in [2.75, 3.05) is 0 Å². The number of rotatable bonds is 8. The molecule has 0 aliphatic carbocycles. The smallest absolute Gasteiger partial charge is 0.145 e. The van der Waals surface area contributed by atoms with Crippen molar-refractivity contribution >= 4 is 43.7 Å². The van der Waals surface area contributed by atoms with E-state index in [0.717, 1.165) is 44.0 Å². The van der Waals surface area contributed by atoms with Gasteiger partial charge in [-0.2, -0.15) is 0 Å². The average Bonchev–Trinajstić information content (AvgIpc) is 3.96. The molecule has 0 amide bonds. The molecule has 0 fully saturated rings. The monoisotopic (exact) mass is 879 g/mol. The lowest BCUT2D eigenvalue weighted by Crippen LogP contribution is -1.93. The summed E-state index contributed by atoms with van der Waals surface area (Å²) in [5.74, 6) is 0. The van der Waals surface area contributed by atoms with Crippen molar-refractivity contribution in [2.45, 2.75) is 0 Å². The first-order valence-corrected chi connectivity index (χ1v) is 23.7. The maximum absolute atomic E-state index is 6.83. The SMILES string of the molecule is Cn1c2c(-c3ccc(-c4cc(-c5ccccc5)cc(-c5ccccc5)c4)cc3)cccc2c2c3oc4ccccc4c3cc(-c3ccc(-c4cc(-c5ccccc5)cc(-c5ccccc5)c4)cc3)c21. The van der Waals surface area contributed by atoms with E-state index in [1.807, 2.05) is 0 Å². The van der Waals surface area contributed by atoms with Crippen molar-refractivity contribution in [3.05, 3.63) is 255 Å². The zero-order chi connectivity index (χ0) is 45.8. The van der Waals surface area contributed by atoms with Gasteiger partial charge in [-0.3, -0.25) is 0 Å². The molecule has 2 nitrogen and oxygen atoms in total. The Kier molecular flexibility index (Phi) is 9.77. The van der Waals surface area contributed by atoms with Gasteiger partial charge in [0.2, 0.25) is 0 Å². The van der Waals surface area contributed by atoms with Crippen LogP contribution in [0, 0.1) is 0 Å². The van der Waals surface area contributed by atoms with E-state index < -0.39 is 0 Å². The van der Waals surface area contributed by atoms with E-state index in [1.165, 1.54) is 88.8 Å². The van der Waals surface area contributed by atoms with Gasteiger partial charge in [-0.05, 0) is 126 Å². The van der Waals surface area contributed by atoms with Gasteiger partial charge in [-0.25, -0.2) is 0 Å². The molecule has 0 aliphatic heterocycles. The number of fused-ring (bicyclic) bond motifs is 7. The zero-order valence-electron chi connectivity index (χ0n) is 38.1. The molecule has 13 rings (SSSR count). The van der Waals surface area contributed by atoms with Crippen LogP contribution in [0.2, 0.25) is 0 Å². The van der Waals surface area contributed by atoms with Crippen LogP contribution >= 0.6 is 0 Å². The van der Waals surface area contributed by atoms with Gasteiger partial charge in [0.05, 0.1) is 16.4 Å². The highest BCUT2D eigenvalue weighted by Crippen LogP contribution is 2.46. The average molecular weight is 880 g/mol. The second kappa shape index (κ2) is 16.7. The Morgan fingerprint density at radius 1 is 0.261 bits per heavy atom. The van der Waals surface area contributed by atoms with Crippen molar-refractivity contribution in [1.82, 2.24) is 4.57 Å². The van der Waals surface area contributed by atoms with Crippen LogP contribution in [0.4, 0.5) is 0 Å². The first-order valence-electron chi connectivity index (χ1n) is 23.7. The second-order valence-electron chi connectivity index (χ2n) is 18.1. The van der Waals surface area contributed by atoms with Crippen molar-refractivity contribution in [3.8, 4) is 89.0 Å². The lowest BCUT2D eigenvalue weighted by Gasteiger charge is -2.13. The highest BCUT2D eigenvalue weighted by Gasteiger charge is 2.23. The summed E-state index contributed by atoms with van der Waals surface area (Å²) in [4.78, 5) is 0. The van der Waals surface area contributed by atoms with E-state index in [9.17, 15) is 0 Å². The number of aryl methyl sites for hydroxylation is 1. The van der Waals surface area contributed by atoms with Crippen LogP contribution in [-0.2, 0) is 7.05 Å². The minimum atomic E-state index is 0.893. The van der Waals surface area contributed by atoms with Crippen LogP contribution in [0.3, 0.4) is 0 Å². The number of para-hydroxylation sites is 2. The lowest BCUT2D eigenvalue weighted by molar-refractivity contribution is 0.673. The summed E-state index contributed by atoms with van der Waals surface area (Å²) >= 11 is 0. The van der Waals surface area contributed by atoms with Gasteiger partial charge < -0.3 is 8.98 Å². The fourth-order valence-electron chi connectivity index (χ4n) is 10.6. The molecule has 13 aromatic rings. The van der Waals surface area contributed by atoms with Crippen LogP contribution in [0.25, 0.3) is 133 Å². The quantitative estimate of drug-likeness (QED) is 0.149. The van der Waals surface area contributed by atoms with Crippen LogP contribution < -0.4 is 0 Å². The van der Waals surface area contributed by atoms with E-state index in [4.69, 9.17) is 4.42 Å². The number of hydrogen-bond donors (Lipinski definition) is 0. The number of aromatic nitrogens is 1. The minimum Gasteiger partial charge on any atom is -0.455 e. The first kappa shape index (κ1) is 40.3. The highest BCUT2D eigenvalue weighted by atomic mass is 16.3. The third-order valence-corrected chi connectivity index (χ3v) is 14.0. The third kappa shape index (κ3) is 7.13. The molecule has 0 saturated carbocycles. The Labute approximate surface area is 401 Å². The van der Waals surface area contributed by atoms with E-state index in [1.54, 1.807) is 0 Å². The topological polar surface area (TPSA) is 18.1 Å². The summed E-state index contributed by atoms with van der Waals surface area (Å²) in [6.07, 6.45) is 0. The van der Waals surface area contributed by atoms with E-state index in [0.29, 0.717) is 0 Å². The molecule has 0 N–H and O–H groups in total. The van der Waals surface area contributed by atoms with Gasteiger partial charge in [0, 0.05) is 34.3 Å². The standard InChI is InChI=1S/C67H45NO/c1-68-65-58(50-33-29-48(30-34-50)56-39-52(44-17-6-2-7-18-44)37-53(40-56)45-19-8-3-9-20-45)26-16-27-60(65)64-66(68)61(43-62-59-25-14-15-28-63(59)69-67(62)64)51-35-31-49(32-36-51)57-41-54(46-21-10-4-11-22-46)38-55(42-57)47-23-12-5-13-24-47/h2-43H,1H3. The molecule has 2 heterocycles. The minimum absolute atomic E-state index is 0.893. The van der Waals surface area contributed by atoms with Gasteiger partial charge >= 0.3 is 0 Å². The lowest BCUT2D eigenvalue weighted by atomic mass is 9.92. The van der Waals surface area contributed by atoms with Crippen LogP contribution in [0.1, 0.15) is 0 Å². The maximum atomic E-state index is 6.83. The Morgan fingerprint density at radius 2 is 0.623 bits per heavy atom. The normalized spacial score (nSPS) is 11.6. The van der Waals surface area contributed by atoms with Crippen molar-refractivity contribution in [1.29, 1.82) is 0 Å². The Bertz CT molecular complexity index is 3900.